The molecule has 0 spiro atoms. The molecule has 3 amide bonds. The number of aryl methyl sites for hydroxylation is 1. The molecule has 1 unspecified atom stereocenters. The molecule has 0 aliphatic carbocycles. The summed E-state index contributed by atoms with van der Waals surface area (Å²) in [5.74, 6) is -1.08. The third kappa shape index (κ3) is 3.97. The summed E-state index contributed by atoms with van der Waals surface area (Å²) in [5, 5.41) is 3.33. The highest BCUT2D eigenvalue weighted by Gasteiger charge is 2.42. The largest absolute Gasteiger partial charge is 0.495 e. The maximum absolute atomic E-state index is 13.5. The van der Waals surface area contributed by atoms with E-state index in [0.29, 0.717) is 27.6 Å². The van der Waals surface area contributed by atoms with E-state index in [2.05, 4.69) is 5.32 Å². The number of ether oxygens (including phenoxy) is 1. The predicted molar refractivity (Wildman–Crippen MR) is 122 cm³/mol. The van der Waals surface area contributed by atoms with Crippen LogP contribution in [0.2, 0.25) is 5.02 Å². The van der Waals surface area contributed by atoms with Gasteiger partial charge in [0.1, 0.15) is 11.8 Å². The van der Waals surface area contributed by atoms with E-state index in [9.17, 15) is 14.4 Å². The fourth-order valence-electron chi connectivity index (χ4n) is 3.78. The van der Waals surface area contributed by atoms with Crippen LogP contribution in [0.5, 0.6) is 5.75 Å². The van der Waals surface area contributed by atoms with Crippen LogP contribution in [-0.2, 0) is 11.2 Å². The van der Waals surface area contributed by atoms with Crippen molar-refractivity contribution < 1.29 is 19.1 Å². The summed E-state index contributed by atoms with van der Waals surface area (Å²) in [6, 6.07) is 18.1. The molecule has 7 heteroatoms. The van der Waals surface area contributed by atoms with Crippen LogP contribution in [0, 0.1) is 6.92 Å². The molecule has 0 radical (unpaired) electrons. The van der Waals surface area contributed by atoms with Gasteiger partial charge in [-0.25, -0.2) is 0 Å². The fraction of sp³-hybridized carbons (Fsp3) is 0.160. The zero-order chi connectivity index (χ0) is 22.8. The summed E-state index contributed by atoms with van der Waals surface area (Å²) >= 11 is 6.17. The van der Waals surface area contributed by atoms with E-state index in [1.54, 1.807) is 36.4 Å². The average molecular weight is 449 g/mol. The smallest absolute Gasteiger partial charge is 0.262 e. The van der Waals surface area contributed by atoms with Gasteiger partial charge < -0.3 is 10.1 Å². The van der Waals surface area contributed by atoms with Gasteiger partial charge in [0, 0.05) is 17.5 Å². The van der Waals surface area contributed by atoms with E-state index in [-0.39, 0.29) is 6.42 Å². The highest BCUT2D eigenvalue weighted by Crippen LogP contribution is 2.32. The number of anilines is 1. The minimum atomic E-state index is -1.05. The lowest BCUT2D eigenvalue weighted by Crippen LogP contribution is -2.48. The number of hydrogen-bond acceptors (Lipinski definition) is 4. The molecule has 0 bridgehead atoms. The summed E-state index contributed by atoms with van der Waals surface area (Å²) in [6.45, 7) is 1.81. The van der Waals surface area contributed by atoms with Crippen molar-refractivity contribution in [3.63, 3.8) is 0 Å². The topological polar surface area (TPSA) is 75.7 Å². The molecule has 1 N–H and O–H groups in total. The molecular weight excluding hydrogens is 428 g/mol. The van der Waals surface area contributed by atoms with Crippen molar-refractivity contribution in [1.29, 1.82) is 0 Å². The number of halogens is 1. The molecule has 6 nitrogen and oxygen atoms in total. The second kappa shape index (κ2) is 8.85. The van der Waals surface area contributed by atoms with Gasteiger partial charge in [0.05, 0.1) is 23.9 Å². The number of amides is 3. The van der Waals surface area contributed by atoms with Crippen LogP contribution in [-0.4, -0.2) is 35.8 Å². The Morgan fingerprint density at radius 3 is 2.19 bits per heavy atom. The van der Waals surface area contributed by atoms with E-state index in [1.807, 2.05) is 37.3 Å². The fourth-order valence-corrected chi connectivity index (χ4v) is 3.93. The van der Waals surface area contributed by atoms with Crippen LogP contribution in [0.1, 0.15) is 31.8 Å². The van der Waals surface area contributed by atoms with Crippen LogP contribution in [0.15, 0.2) is 66.7 Å². The monoisotopic (exact) mass is 448 g/mol. The Morgan fingerprint density at radius 1 is 1.00 bits per heavy atom. The van der Waals surface area contributed by atoms with Crippen molar-refractivity contribution in [2.45, 2.75) is 19.4 Å². The average Bonchev–Trinajstić information content (AvgIpc) is 3.05. The summed E-state index contributed by atoms with van der Waals surface area (Å²) in [6.07, 6.45) is 0.174. The molecule has 0 fully saturated rings. The van der Waals surface area contributed by atoms with Crippen molar-refractivity contribution in [2.75, 3.05) is 12.4 Å². The zero-order valence-electron chi connectivity index (χ0n) is 17.6. The molecule has 32 heavy (non-hydrogen) atoms. The Kier molecular flexibility index (Phi) is 5.97. The number of methoxy groups -OCH3 is 1. The molecule has 1 atom stereocenters. The van der Waals surface area contributed by atoms with E-state index >= 15 is 0 Å². The van der Waals surface area contributed by atoms with Gasteiger partial charge in [0.15, 0.2) is 0 Å². The number of rotatable bonds is 6. The van der Waals surface area contributed by atoms with Gasteiger partial charge in [0.25, 0.3) is 11.8 Å². The number of fused-ring (bicyclic) bond motifs is 1. The zero-order valence-corrected chi connectivity index (χ0v) is 18.3. The third-order valence-electron chi connectivity index (χ3n) is 5.45. The second-order valence-electron chi connectivity index (χ2n) is 7.52. The van der Waals surface area contributed by atoms with Crippen molar-refractivity contribution in [3.8, 4) is 5.75 Å². The molecule has 1 aliphatic rings. The Morgan fingerprint density at radius 2 is 1.59 bits per heavy atom. The maximum Gasteiger partial charge on any atom is 0.262 e. The quantitative estimate of drug-likeness (QED) is 0.563. The molecule has 0 saturated heterocycles. The Balaban J connectivity index is 1.71. The highest BCUT2D eigenvalue weighted by molar-refractivity contribution is 6.31. The Bertz CT molecular complexity index is 1170. The van der Waals surface area contributed by atoms with Crippen LogP contribution in [0.3, 0.4) is 0 Å². The second-order valence-corrected chi connectivity index (χ2v) is 7.93. The number of benzene rings is 3. The SMILES string of the molecule is COc1cc(Cl)c(C)cc1NC(=O)C(Cc1ccccc1)N1C(=O)c2ccccc2C1=O. The van der Waals surface area contributed by atoms with Gasteiger partial charge in [-0.1, -0.05) is 54.1 Å². The van der Waals surface area contributed by atoms with Crippen molar-refractivity contribution in [1.82, 2.24) is 4.90 Å². The lowest BCUT2D eigenvalue weighted by atomic mass is 10.0. The number of imide groups is 1. The highest BCUT2D eigenvalue weighted by atomic mass is 35.5. The molecule has 0 saturated carbocycles. The van der Waals surface area contributed by atoms with Crippen LogP contribution >= 0.6 is 11.6 Å². The van der Waals surface area contributed by atoms with Crippen molar-refractivity contribution >= 4 is 35.0 Å². The normalized spacial score (nSPS) is 13.7. The Labute approximate surface area is 190 Å². The number of carbonyl (C=O) groups is 3. The first-order chi connectivity index (χ1) is 15.4. The van der Waals surface area contributed by atoms with Crippen molar-refractivity contribution in [3.05, 3.63) is 94.0 Å². The molecular formula is C25H21ClN2O4. The summed E-state index contributed by atoms with van der Waals surface area (Å²) < 4.78 is 5.35. The van der Waals surface area contributed by atoms with Gasteiger partial charge in [-0.2, -0.15) is 0 Å². The van der Waals surface area contributed by atoms with E-state index in [1.165, 1.54) is 7.11 Å². The summed E-state index contributed by atoms with van der Waals surface area (Å²) in [4.78, 5) is 40.7. The van der Waals surface area contributed by atoms with Gasteiger partial charge >= 0.3 is 0 Å². The minimum Gasteiger partial charge on any atom is -0.495 e. The molecule has 1 heterocycles. The molecule has 3 aromatic carbocycles. The van der Waals surface area contributed by atoms with Crippen LogP contribution in [0.4, 0.5) is 5.69 Å². The predicted octanol–water partition coefficient (Wildman–Crippen LogP) is 4.50. The standard InChI is InChI=1S/C25H21ClN2O4/c1-15-12-20(22(32-2)14-19(15)26)27-23(29)21(13-16-8-4-3-5-9-16)28-24(30)17-10-6-7-11-18(17)25(28)31/h3-12,14,21H,13H2,1-2H3,(H,27,29). The van der Waals surface area contributed by atoms with Gasteiger partial charge in [-0.05, 0) is 36.2 Å². The number of nitrogens with zero attached hydrogens (tertiary/aromatic N) is 1. The lowest BCUT2D eigenvalue weighted by molar-refractivity contribution is -0.119. The first kappa shape index (κ1) is 21.6. The molecule has 4 rings (SSSR count). The number of nitrogens with one attached hydrogen (secondary N) is 1. The summed E-state index contributed by atoms with van der Waals surface area (Å²) in [7, 11) is 1.47. The third-order valence-corrected chi connectivity index (χ3v) is 5.86. The number of carbonyl (C=O) groups excluding carboxylic acids is 3. The van der Waals surface area contributed by atoms with Crippen LogP contribution < -0.4 is 10.1 Å². The van der Waals surface area contributed by atoms with E-state index < -0.39 is 23.8 Å². The van der Waals surface area contributed by atoms with Gasteiger partial charge in [0.2, 0.25) is 5.91 Å². The molecule has 3 aromatic rings. The summed E-state index contributed by atoms with van der Waals surface area (Å²) in [5.41, 5.74) is 2.58. The maximum atomic E-state index is 13.5. The molecule has 0 aromatic heterocycles. The molecule has 1 aliphatic heterocycles. The van der Waals surface area contributed by atoms with E-state index in [0.717, 1.165) is 16.0 Å². The first-order valence-corrected chi connectivity index (χ1v) is 10.4. The van der Waals surface area contributed by atoms with Gasteiger partial charge in [-0.15, -0.1) is 0 Å². The first-order valence-electron chi connectivity index (χ1n) is 10.1. The lowest BCUT2D eigenvalue weighted by Gasteiger charge is -2.26. The van der Waals surface area contributed by atoms with Crippen molar-refractivity contribution in [2.24, 2.45) is 0 Å². The van der Waals surface area contributed by atoms with Gasteiger partial charge in [-0.3, -0.25) is 19.3 Å². The van der Waals surface area contributed by atoms with Crippen LogP contribution in [0.25, 0.3) is 0 Å². The number of hydrogen-bond donors (Lipinski definition) is 1. The van der Waals surface area contributed by atoms with E-state index in [4.69, 9.17) is 16.3 Å². The molecule has 162 valence electrons. The Hall–Kier alpha value is -3.64. The minimum absolute atomic E-state index is 0.174.